The van der Waals surface area contributed by atoms with Gasteiger partial charge in [-0.15, -0.1) is 0 Å². The van der Waals surface area contributed by atoms with Crippen molar-refractivity contribution in [3.8, 4) is 0 Å². The number of ether oxygens (including phenoxy) is 1. The van der Waals surface area contributed by atoms with Crippen molar-refractivity contribution < 1.29 is 9.53 Å². The monoisotopic (exact) mass is 226 g/mol. The Morgan fingerprint density at radius 2 is 1.82 bits per heavy atom. The van der Waals surface area contributed by atoms with E-state index in [1.807, 2.05) is 12.1 Å². The second kappa shape index (κ2) is 4.83. The first-order valence-electron chi connectivity index (χ1n) is 5.45. The average molecular weight is 226 g/mol. The summed E-state index contributed by atoms with van der Waals surface area (Å²) in [6.45, 7) is 2.07. The first kappa shape index (κ1) is 11.4. The van der Waals surface area contributed by atoms with Gasteiger partial charge in [0.15, 0.2) is 0 Å². The number of carbonyl (C=O) groups is 1. The van der Waals surface area contributed by atoms with E-state index in [9.17, 15) is 4.79 Å². The highest BCUT2D eigenvalue weighted by Crippen LogP contribution is 2.18. The van der Waals surface area contributed by atoms with Gasteiger partial charge in [0.1, 0.15) is 0 Å². The van der Waals surface area contributed by atoms with Gasteiger partial charge in [0.05, 0.1) is 7.11 Å². The summed E-state index contributed by atoms with van der Waals surface area (Å²) in [5, 5.41) is 2.38. The van der Waals surface area contributed by atoms with Crippen molar-refractivity contribution in [1.82, 2.24) is 0 Å². The van der Waals surface area contributed by atoms with Crippen LogP contribution < -0.4 is 0 Å². The normalized spacial score (nSPS) is 10.9. The van der Waals surface area contributed by atoms with Gasteiger partial charge in [-0.05, 0) is 35.4 Å². The molecule has 0 aliphatic heterocycles. The Bertz CT molecular complexity index is 582. The summed E-state index contributed by atoms with van der Waals surface area (Å²) < 4.78 is 4.55. The molecule has 86 valence electrons. The maximum Gasteiger partial charge on any atom is 0.330 e. The Kier molecular flexibility index (Phi) is 3.24. The van der Waals surface area contributed by atoms with E-state index >= 15 is 0 Å². The Balaban J connectivity index is 2.35. The van der Waals surface area contributed by atoms with E-state index < -0.39 is 0 Å². The molecule has 0 saturated heterocycles. The molecule has 0 unspecified atom stereocenters. The maximum atomic E-state index is 11.0. The van der Waals surface area contributed by atoms with Crippen LogP contribution in [0.1, 0.15) is 11.1 Å². The lowest BCUT2D eigenvalue weighted by atomic mass is 10.0. The number of carbonyl (C=O) groups excluding carboxylic acids is 1. The Morgan fingerprint density at radius 1 is 1.12 bits per heavy atom. The van der Waals surface area contributed by atoms with E-state index in [2.05, 4.69) is 35.9 Å². The fraction of sp³-hybridized carbons (Fsp3) is 0.133. The van der Waals surface area contributed by atoms with Gasteiger partial charge in [0, 0.05) is 6.08 Å². The number of esters is 1. The molecular formula is C15H14O2. The summed E-state index contributed by atoms with van der Waals surface area (Å²) in [6, 6.07) is 12.4. The molecule has 2 nitrogen and oxygen atoms in total. The molecule has 0 atom stereocenters. The van der Waals surface area contributed by atoms with Crippen LogP contribution >= 0.6 is 0 Å². The van der Waals surface area contributed by atoms with Crippen molar-refractivity contribution >= 4 is 22.8 Å². The average Bonchev–Trinajstić information content (AvgIpc) is 2.35. The van der Waals surface area contributed by atoms with E-state index in [1.54, 1.807) is 6.08 Å². The minimum absolute atomic E-state index is 0.339. The topological polar surface area (TPSA) is 26.3 Å². The minimum Gasteiger partial charge on any atom is -0.466 e. The van der Waals surface area contributed by atoms with Crippen LogP contribution in [0.25, 0.3) is 16.8 Å². The Hall–Kier alpha value is -2.09. The summed E-state index contributed by atoms with van der Waals surface area (Å²) in [5.74, 6) is -0.339. The molecule has 0 aliphatic carbocycles. The van der Waals surface area contributed by atoms with Crippen molar-refractivity contribution in [2.45, 2.75) is 6.92 Å². The minimum atomic E-state index is -0.339. The molecule has 0 bridgehead atoms. The Labute approximate surface area is 101 Å². The van der Waals surface area contributed by atoms with Crippen LogP contribution in [0.5, 0.6) is 0 Å². The molecule has 0 fully saturated rings. The van der Waals surface area contributed by atoms with Crippen molar-refractivity contribution in [2.24, 2.45) is 0 Å². The van der Waals surface area contributed by atoms with Gasteiger partial charge in [0.25, 0.3) is 0 Å². The smallest absolute Gasteiger partial charge is 0.330 e. The molecule has 0 N–H and O–H groups in total. The molecule has 0 aliphatic rings. The molecule has 2 aromatic rings. The predicted molar refractivity (Wildman–Crippen MR) is 69.7 cm³/mol. The van der Waals surface area contributed by atoms with Gasteiger partial charge >= 0.3 is 5.97 Å². The van der Waals surface area contributed by atoms with Gasteiger partial charge < -0.3 is 4.74 Å². The zero-order chi connectivity index (χ0) is 12.3. The van der Waals surface area contributed by atoms with Gasteiger partial charge in [-0.1, -0.05) is 35.9 Å². The first-order valence-corrected chi connectivity index (χ1v) is 5.45. The fourth-order valence-corrected chi connectivity index (χ4v) is 1.72. The lowest BCUT2D eigenvalue weighted by Gasteiger charge is -2.01. The maximum absolute atomic E-state index is 11.0. The van der Waals surface area contributed by atoms with E-state index in [1.165, 1.54) is 29.5 Å². The summed E-state index contributed by atoms with van der Waals surface area (Å²) in [6.07, 6.45) is 3.18. The van der Waals surface area contributed by atoms with Gasteiger partial charge in [0.2, 0.25) is 0 Å². The molecule has 17 heavy (non-hydrogen) atoms. The third-order valence-corrected chi connectivity index (χ3v) is 2.63. The standard InChI is InChI=1S/C15H14O2/c1-11-3-6-14-10-12(4-7-13(14)9-11)5-8-15(16)17-2/h3-10H,1-2H3/b8-5+. The molecule has 0 spiro atoms. The summed E-state index contributed by atoms with van der Waals surface area (Å²) >= 11 is 0. The third-order valence-electron chi connectivity index (χ3n) is 2.63. The molecule has 0 heterocycles. The van der Waals surface area contributed by atoms with Crippen molar-refractivity contribution in [3.63, 3.8) is 0 Å². The molecule has 0 aromatic heterocycles. The SMILES string of the molecule is COC(=O)/C=C/c1ccc2cc(C)ccc2c1. The Morgan fingerprint density at radius 3 is 2.59 bits per heavy atom. The van der Waals surface area contributed by atoms with E-state index in [0.717, 1.165) is 5.56 Å². The van der Waals surface area contributed by atoms with Gasteiger partial charge in [-0.25, -0.2) is 4.79 Å². The zero-order valence-corrected chi connectivity index (χ0v) is 9.94. The van der Waals surface area contributed by atoms with Crippen molar-refractivity contribution in [2.75, 3.05) is 7.11 Å². The second-order valence-electron chi connectivity index (χ2n) is 3.97. The fourth-order valence-electron chi connectivity index (χ4n) is 1.72. The van der Waals surface area contributed by atoms with Crippen molar-refractivity contribution in [1.29, 1.82) is 0 Å². The number of hydrogen-bond donors (Lipinski definition) is 0. The molecule has 2 heteroatoms. The quantitative estimate of drug-likeness (QED) is 0.580. The molecule has 2 aromatic carbocycles. The number of hydrogen-bond acceptors (Lipinski definition) is 2. The number of methoxy groups -OCH3 is 1. The van der Waals surface area contributed by atoms with Crippen LogP contribution in [0, 0.1) is 6.92 Å². The van der Waals surface area contributed by atoms with E-state index in [-0.39, 0.29) is 5.97 Å². The van der Waals surface area contributed by atoms with Crippen LogP contribution in [0.3, 0.4) is 0 Å². The van der Waals surface area contributed by atoms with Crippen LogP contribution in [-0.2, 0) is 9.53 Å². The number of benzene rings is 2. The zero-order valence-electron chi connectivity index (χ0n) is 9.94. The molecular weight excluding hydrogens is 212 g/mol. The van der Waals surface area contributed by atoms with Crippen LogP contribution in [0.2, 0.25) is 0 Å². The largest absolute Gasteiger partial charge is 0.466 e. The van der Waals surface area contributed by atoms with E-state index in [0.29, 0.717) is 0 Å². The highest BCUT2D eigenvalue weighted by atomic mass is 16.5. The highest BCUT2D eigenvalue weighted by Gasteiger charge is 1.96. The van der Waals surface area contributed by atoms with Gasteiger partial charge in [-0.2, -0.15) is 0 Å². The summed E-state index contributed by atoms with van der Waals surface area (Å²) in [5.41, 5.74) is 2.24. The third kappa shape index (κ3) is 2.72. The predicted octanol–water partition coefficient (Wildman–Crippen LogP) is 3.33. The molecule has 0 amide bonds. The van der Waals surface area contributed by atoms with Crippen LogP contribution in [-0.4, -0.2) is 13.1 Å². The van der Waals surface area contributed by atoms with E-state index in [4.69, 9.17) is 0 Å². The van der Waals surface area contributed by atoms with Crippen LogP contribution in [0.4, 0.5) is 0 Å². The number of aryl methyl sites for hydroxylation is 1. The molecule has 0 saturated carbocycles. The molecule has 2 rings (SSSR count). The first-order chi connectivity index (χ1) is 8.19. The lowest BCUT2D eigenvalue weighted by Crippen LogP contribution is -1.93. The van der Waals surface area contributed by atoms with Crippen LogP contribution in [0.15, 0.2) is 42.5 Å². The summed E-state index contributed by atoms with van der Waals surface area (Å²) in [7, 11) is 1.37. The number of fused-ring (bicyclic) bond motifs is 1. The highest BCUT2D eigenvalue weighted by molar-refractivity contribution is 5.89. The lowest BCUT2D eigenvalue weighted by molar-refractivity contribution is -0.134. The summed E-state index contributed by atoms with van der Waals surface area (Å²) in [4.78, 5) is 11.0. The second-order valence-corrected chi connectivity index (χ2v) is 3.97. The number of rotatable bonds is 2. The molecule has 0 radical (unpaired) electrons. The van der Waals surface area contributed by atoms with Crippen molar-refractivity contribution in [3.05, 3.63) is 53.6 Å². The van der Waals surface area contributed by atoms with Gasteiger partial charge in [-0.3, -0.25) is 0 Å².